The zero-order chi connectivity index (χ0) is 13.6. The van der Waals surface area contributed by atoms with Crippen LogP contribution in [0.5, 0.6) is 0 Å². The summed E-state index contributed by atoms with van der Waals surface area (Å²) in [5.74, 6) is 0.0384. The lowest BCUT2D eigenvalue weighted by Gasteiger charge is -2.20. The molecule has 0 atom stereocenters. The van der Waals surface area contributed by atoms with Gasteiger partial charge in [0.05, 0.1) is 6.54 Å². The highest BCUT2D eigenvalue weighted by atomic mass is 16.2. The first-order chi connectivity index (χ1) is 8.42. The van der Waals surface area contributed by atoms with Gasteiger partial charge in [-0.05, 0) is 38.3 Å². The number of amides is 1. The number of hydrogen-bond acceptors (Lipinski definition) is 2. The molecule has 0 fully saturated rings. The first-order valence-electron chi connectivity index (χ1n) is 6.51. The summed E-state index contributed by atoms with van der Waals surface area (Å²) in [7, 11) is 0. The number of aryl methyl sites for hydroxylation is 1. The first kappa shape index (κ1) is 14.7. The first-order valence-corrected chi connectivity index (χ1v) is 6.51. The van der Waals surface area contributed by atoms with Crippen molar-refractivity contribution in [1.82, 2.24) is 10.6 Å². The molecule has 100 valence electrons. The second kappa shape index (κ2) is 6.55. The van der Waals surface area contributed by atoms with Gasteiger partial charge >= 0.3 is 0 Å². The molecule has 1 amide bonds. The maximum atomic E-state index is 11.6. The van der Waals surface area contributed by atoms with E-state index in [2.05, 4.69) is 35.8 Å². The summed E-state index contributed by atoms with van der Waals surface area (Å²) >= 11 is 0. The van der Waals surface area contributed by atoms with Crippen LogP contribution in [0, 0.1) is 0 Å². The van der Waals surface area contributed by atoms with Gasteiger partial charge < -0.3 is 10.6 Å². The minimum absolute atomic E-state index is 0.0384. The molecule has 0 aliphatic heterocycles. The average molecular weight is 248 g/mol. The molecule has 1 rings (SSSR count). The number of rotatable bonds is 5. The van der Waals surface area contributed by atoms with E-state index in [-0.39, 0.29) is 11.4 Å². The smallest absolute Gasteiger partial charge is 0.234 e. The van der Waals surface area contributed by atoms with Gasteiger partial charge in [-0.1, -0.05) is 31.2 Å². The zero-order valence-corrected chi connectivity index (χ0v) is 11.8. The monoisotopic (exact) mass is 248 g/mol. The third-order valence-electron chi connectivity index (χ3n) is 2.61. The van der Waals surface area contributed by atoms with Crippen LogP contribution in [0.15, 0.2) is 24.3 Å². The Hall–Kier alpha value is -1.35. The Labute approximate surface area is 110 Å². The lowest BCUT2D eigenvalue weighted by Crippen LogP contribution is -2.44. The van der Waals surface area contributed by atoms with Gasteiger partial charge in [0, 0.05) is 12.1 Å². The molecular formula is C15H24N2O. The van der Waals surface area contributed by atoms with Crippen LogP contribution in [-0.4, -0.2) is 18.0 Å². The molecule has 0 aliphatic rings. The van der Waals surface area contributed by atoms with Crippen molar-refractivity contribution in [2.24, 2.45) is 0 Å². The van der Waals surface area contributed by atoms with Crippen molar-refractivity contribution >= 4 is 5.91 Å². The molecule has 18 heavy (non-hydrogen) atoms. The Morgan fingerprint density at radius 2 is 1.78 bits per heavy atom. The van der Waals surface area contributed by atoms with Gasteiger partial charge in [-0.2, -0.15) is 0 Å². The Morgan fingerprint density at radius 1 is 1.17 bits per heavy atom. The highest BCUT2D eigenvalue weighted by Crippen LogP contribution is 2.08. The summed E-state index contributed by atoms with van der Waals surface area (Å²) in [4.78, 5) is 11.6. The van der Waals surface area contributed by atoms with Crippen LogP contribution in [0.4, 0.5) is 0 Å². The molecule has 3 heteroatoms. The van der Waals surface area contributed by atoms with E-state index in [1.54, 1.807) is 0 Å². The van der Waals surface area contributed by atoms with Crippen molar-refractivity contribution in [1.29, 1.82) is 0 Å². The molecule has 1 aromatic rings. The molecule has 1 aromatic carbocycles. The van der Waals surface area contributed by atoms with Crippen LogP contribution >= 0.6 is 0 Å². The Kier molecular flexibility index (Phi) is 5.35. The van der Waals surface area contributed by atoms with E-state index in [0.29, 0.717) is 6.54 Å². The third kappa shape index (κ3) is 5.32. The predicted molar refractivity (Wildman–Crippen MR) is 75.4 cm³/mol. The summed E-state index contributed by atoms with van der Waals surface area (Å²) in [6.45, 7) is 9.19. The molecule has 0 aromatic heterocycles. The predicted octanol–water partition coefficient (Wildman–Crippen LogP) is 2.25. The summed E-state index contributed by atoms with van der Waals surface area (Å²) in [6.07, 6.45) is 1.02. The second-order valence-electron chi connectivity index (χ2n) is 5.52. The molecule has 0 aliphatic carbocycles. The number of nitrogens with one attached hydrogen (secondary N) is 2. The Bertz CT molecular complexity index is 394. The van der Waals surface area contributed by atoms with E-state index >= 15 is 0 Å². The zero-order valence-electron chi connectivity index (χ0n) is 11.8. The van der Waals surface area contributed by atoms with Gasteiger partial charge in [0.1, 0.15) is 0 Å². The van der Waals surface area contributed by atoms with Crippen LogP contribution in [0.3, 0.4) is 0 Å². The second-order valence-corrected chi connectivity index (χ2v) is 5.52. The summed E-state index contributed by atoms with van der Waals surface area (Å²) in [6, 6.07) is 8.32. The van der Waals surface area contributed by atoms with Gasteiger partial charge in [-0.15, -0.1) is 0 Å². The fraction of sp³-hybridized carbons (Fsp3) is 0.533. The third-order valence-corrected chi connectivity index (χ3v) is 2.61. The van der Waals surface area contributed by atoms with Crippen molar-refractivity contribution in [3.8, 4) is 0 Å². The quantitative estimate of drug-likeness (QED) is 0.839. The minimum atomic E-state index is -0.167. The number of carbonyl (C=O) groups excluding carboxylic acids is 1. The fourth-order valence-corrected chi connectivity index (χ4v) is 1.85. The average Bonchev–Trinajstić information content (AvgIpc) is 2.27. The highest BCUT2D eigenvalue weighted by Gasteiger charge is 2.12. The normalized spacial score (nSPS) is 11.3. The number of hydrogen-bond donors (Lipinski definition) is 2. The van der Waals surface area contributed by atoms with Gasteiger partial charge in [0.15, 0.2) is 0 Å². The molecule has 0 spiro atoms. The van der Waals surface area contributed by atoms with Crippen LogP contribution in [0.25, 0.3) is 0 Å². The van der Waals surface area contributed by atoms with Crippen molar-refractivity contribution in [2.75, 3.05) is 6.54 Å². The standard InChI is InChI=1S/C15H24N2O/c1-5-12-8-6-7-9-13(12)10-16-11-14(18)17-15(2,3)4/h6-9,16H,5,10-11H2,1-4H3,(H,17,18). The summed E-state index contributed by atoms with van der Waals surface area (Å²) < 4.78 is 0. The Balaban J connectivity index is 2.40. The van der Waals surface area contributed by atoms with Gasteiger partial charge in [-0.25, -0.2) is 0 Å². The largest absolute Gasteiger partial charge is 0.350 e. The maximum Gasteiger partial charge on any atom is 0.234 e. The van der Waals surface area contributed by atoms with E-state index in [1.165, 1.54) is 11.1 Å². The van der Waals surface area contributed by atoms with Crippen LogP contribution in [0.2, 0.25) is 0 Å². The molecule has 3 nitrogen and oxygen atoms in total. The van der Waals surface area contributed by atoms with Gasteiger partial charge in [-0.3, -0.25) is 4.79 Å². The summed E-state index contributed by atoms with van der Waals surface area (Å²) in [5.41, 5.74) is 2.44. The molecule has 0 radical (unpaired) electrons. The van der Waals surface area contributed by atoms with Crippen LogP contribution < -0.4 is 10.6 Å². The van der Waals surface area contributed by atoms with Gasteiger partial charge in [0.2, 0.25) is 5.91 Å². The molecule has 0 heterocycles. The molecule has 0 bridgehead atoms. The topological polar surface area (TPSA) is 41.1 Å². The van der Waals surface area contributed by atoms with E-state index in [1.807, 2.05) is 26.8 Å². The molecule has 0 unspecified atom stereocenters. The van der Waals surface area contributed by atoms with Crippen molar-refractivity contribution in [3.63, 3.8) is 0 Å². The number of carbonyl (C=O) groups is 1. The minimum Gasteiger partial charge on any atom is -0.350 e. The highest BCUT2D eigenvalue weighted by molar-refractivity contribution is 5.78. The lowest BCUT2D eigenvalue weighted by molar-refractivity contribution is -0.121. The lowest BCUT2D eigenvalue weighted by atomic mass is 10.1. The summed E-state index contributed by atoms with van der Waals surface area (Å²) in [5, 5.41) is 6.12. The van der Waals surface area contributed by atoms with Crippen LogP contribution in [-0.2, 0) is 17.8 Å². The van der Waals surface area contributed by atoms with Crippen LogP contribution in [0.1, 0.15) is 38.8 Å². The molecule has 0 saturated carbocycles. The van der Waals surface area contributed by atoms with E-state index < -0.39 is 0 Å². The maximum absolute atomic E-state index is 11.6. The van der Waals surface area contributed by atoms with Crippen molar-refractivity contribution in [3.05, 3.63) is 35.4 Å². The van der Waals surface area contributed by atoms with Gasteiger partial charge in [0.25, 0.3) is 0 Å². The number of benzene rings is 1. The molecule has 2 N–H and O–H groups in total. The SMILES string of the molecule is CCc1ccccc1CNCC(=O)NC(C)(C)C. The van der Waals surface area contributed by atoms with Crippen molar-refractivity contribution < 1.29 is 4.79 Å². The Morgan fingerprint density at radius 3 is 2.33 bits per heavy atom. The molecular weight excluding hydrogens is 224 g/mol. The van der Waals surface area contributed by atoms with E-state index in [9.17, 15) is 4.79 Å². The fourth-order valence-electron chi connectivity index (χ4n) is 1.85. The molecule has 0 saturated heterocycles. The van der Waals surface area contributed by atoms with Crippen molar-refractivity contribution in [2.45, 2.75) is 46.2 Å². The van der Waals surface area contributed by atoms with E-state index in [0.717, 1.165) is 13.0 Å². The van der Waals surface area contributed by atoms with E-state index in [4.69, 9.17) is 0 Å².